The van der Waals surface area contributed by atoms with Gasteiger partial charge in [0.1, 0.15) is 0 Å². The molecule has 29 heavy (non-hydrogen) atoms. The van der Waals surface area contributed by atoms with Gasteiger partial charge in [-0.2, -0.15) is 0 Å². The molecule has 1 heterocycles. The van der Waals surface area contributed by atoms with Crippen molar-refractivity contribution in [1.29, 1.82) is 0 Å². The molecule has 0 unspecified atom stereocenters. The lowest BCUT2D eigenvalue weighted by Gasteiger charge is -2.22. The lowest BCUT2D eigenvalue weighted by Crippen LogP contribution is -2.39. The van der Waals surface area contributed by atoms with Gasteiger partial charge in [0, 0.05) is 38.4 Å². The number of hydrogen-bond donors (Lipinski definition) is 1. The third kappa shape index (κ3) is 6.14. The topological polar surface area (TPSA) is 55.9 Å². The molecule has 1 fully saturated rings. The number of anilines is 1. The highest BCUT2D eigenvalue weighted by molar-refractivity contribution is 5.96. The van der Waals surface area contributed by atoms with Gasteiger partial charge in [-0.25, -0.2) is 0 Å². The minimum Gasteiger partial charge on any atom is -0.348 e. The van der Waals surface area contributed by atoms with Crippen molar-refractivity contribution in [2.45, 2.75) is 6.42 Å². The first-order valence-corrected chi connectivity index (χ1v) is 10.1. The number of hydrogen-bond acceptors (Lipinski definition) is 4. The third-order valence-electron chi connectivity index (χ3n) is 5.19. The molecule has 2 aromatic carbocycles. The van der Waals surface area contributed by atoms with Gasteiger partial charge in [0.25, 0.3) is 0 Å². The maximum absolute atomic E-state index is 12.7. The molecule has 0 saturated carbocycles. The van der Waals surface area contributed by atoms with Crippen LogP contribution in [0.3, 0.4) is 0 Å². The molecule has 6 heteroatoms. The van der Waals surface area contributed by atoms with Crippen LogP contribution in [-0.2, 0) is 9.59 Å². The molecule has 0 aromatic heterocycles. The Bertz CT molecular complexity index is 823. The van der Waals surface area contributed by atoms with E-state index < -0.39 is 0 Å². The van der Waals surface area contributed by atoms with Gasteiger partial charge in [-0.15, -0.1) is 0 Å². The summed E-state index contributed by atoms with van der Waals surface area (Å²) in [4.78, 5) is 30.6. The number of amides is 2. The van der Waals surface area contributed by atoms with Crippen molar-refractivity contribution in [1.82, 2.24) is 14.7 Å². The maximum Gasteiger partial charge on any atom is 0.238 e. The van der Waals surface area contributed by atoms with Crippen molar-refractivity contribution in [3.63, 3.8) is 0 Å². The molecule has 0 spiro atoms. The first-order chi connectivity index (χ1) is 14.0. The van der Waals surface area contributed by atoms with Crippen LogP contribution in [0.15, 0.2) is 54.6 Å². The van der Waals surface area contributed by atoms with Gasteiger partial charge in [-0.1, -0.05) is 48.5 Å². The number of carbonyl (C=O) groups excluding carboxylic acids is 2. The van der Waals surface area contributed by atoms with Gasteiger partial charge in [0.2, 0.25) is 11.8 Å². The van der Waals surface area contributed by atoms with Crippen molar-refractivity contribution in [2.75, 3.05) is 58.7 Å². The van der Waals surface area contributed by atoms with Crippen LogP contribution in [0.4, 0.5) is 5.69 Å². The zero-order valence-electron chi connectivity index (χ0n) is 17.3. The van der Waals surface area contributed by atoms with Crippen molar-refractivity contribution in [3.8, 4) is 11.1 Å². The Labute approximate surface area is 173 Å². The molecule has 1 aliphatic heterocycles. The minimum atomic E-state index is -0.00815. The second-order valence-electron chi connectivity index (χ2n) is 7.65. The fourth-order valence-corrected chi connectivity index (χ4v) is 3.53. The average Bonchev–Trinajstić information content (AvgIpc) is 2.94. The van der Waals surface area contributed by atoms with E-state index in [1.807, 2.05) is 54.6 Å². The standard InChI is InChI=1S/C23H30N4O2/c1-25(2)23(29)18-27-14-8-13-26(15-16-27)17-22(28)24-21-12-7-6-11-20(21)19-9-4-3-5-10-19/h3-7,9-12H,8,13-18H2,1-2H3,(H,24,28). The summed E-state index contributed by atoms with van der Waals surface area (Å²) < 4.78 is 0. The zero-order valence-corrected chi connectivity index (χ0v) is 17.3. The molecule has 2 aromatic rings. The molecule has 0 atom stereocenters. The van der Waals surface area contributed by atoms with E-state index >= 15 is 0 Å². The molecule has 0 aliphatic carbocycles. The molecular formula is C23H30N4O2. The number of nitrogens with one attached hydrogen (secondary N) is 1. The van der Waals surface area contributed by atoms with E-state index in [9.17, 15) is 9.59 Å². The van der Waals surface area contributed by atoms with Crippen LogP contribution in [0.25, 0.3) is 11.1 Å². The maximum atomic E-state index is 12.7. The van der Waals surface area contributed by atoms with E-state index in [0.717, 1.165) is 49.4 Å². The number of likely N-dealkylation sites (N-methyl/N-ethyl adjacent to an activating group) is 1. The molecule has 6 nitrogen and oxygen atoms in total. The molecular weight excluding hydrogens is 364 g/mol. The Morgan fingerprint density at radius 2 is 1.48 bits per heavy atom. The Hall–Kier alpha value is -2.70. The van der Waals surface area contributed by atoms with E-state index in [1.165, 1.54) is 0 Å². The number of rotatable bonds is 6. The normalized spacial score (nSPS) is 15.5. The van der Waals surface area contributed by atoms with Crippen LogP contribution in [-0.4, -0.2) is 79.9 Å². The van der Waals surface area contributed by atoms with Gasteiger partial charge < -0.3 is 10.2 Å². The predicted molar refractivity (Wildman–Crippen MR) is 117 cm³/mol. The molecule has 1 saturated heterocycles. The summed E-state index contributed by atoms with van der Waals surface area (Å²) in [6, 6.07) is 18.0. The highest BCUT2D eigenvalue weighted by Gasteiger charge is 2.19. The van der Waals surface area contributed by atoms with Crippen LogP contribution in [0.5, 0.6) is 0 Å². The summed E-state index contributed by atoms with van der Waals surface area (Å²) in [7, 11) is 3.56. The van der Waals surface area contributed by atoms with Crippen molar-refractivity contribution in [2.24, 2.45) is 0 Å². The van der Waals surface area contributed by atoms with Crippen molar-refractivity contribution in [3.05, 3.63) is 54.6 Å². The van der Waals surface area contributed by atoms with Crippen molar-refractivity contribution >= 4 is 17.5 Å². The smallest absolute Gasteiger partial charge is 0.238 e. The number of benzene rings is 2. The van der Waals surface area contributed by atoms with E-state index in [4.69, 9.17) is 0 Å². The second-order valence-corrected chi connectivity index (χ2v) is 7.65. The second kappa shape index (κ2) is 10.2. The summed E-state index contributed by atoms with van der Waals surface area (Å²) in [6.07, 6.45) is 0.953. The van der Waals surface area contributed by atoms with Crippen LogP contribution >= 0.6 is 0 Å². The van der Waals surface area contributed by atoms with E-state index in [-0.39, 0.29) is 11.8 Å². The van der Waals surface area contributed by atoms with Crippen molar-refractivity contribution < 1.29 is 9.59 Å². The van der Waals surface area contributed by atoms with E-state index in [0.29, 0.717) is 13.1 Å². The fourth-order valence-electron chi connectivity index (χ4n) is 3.53. The molecule has 2 amide bonds. The summed E-state index contributed by atoms with van der Waals surface area (Å²) in [5, 5.41) is 3.08. The van der Waals surface area contributed by atoms with Crippen LogP contribution in [0.2, 0.25) is 0 Å². The Kier molecular flexibility index (Phi) is 7.38. The Balaban J connectivity index is 1.56. The molecule has 1 aliphatic rings. The quantitative estimate of drug-likeness (QED) is 0.817. The zero-order chi connectivity index (χ0) is 20.6. The average molecular weight is 395 g/mol. The third-order valence-corrected chi connectivity index (χ3v) is 5.19. The largest absolute Gasteiger partial charge is 0.348 e. The minimum absolute atomic E-state index is 0.00815. The summed E-state index contributed by atoms with van der Waals surface area (Å²) in [5.74, 6) is 0.111. The lowest BCUT2D eigenvalue weighted by molar-refractivity contribution is -0.129. The van der Waals surface area contributed by atoms with E-state index in [1.54, 1.807) is 19.0 Å². The summed E-state index contributed by atoms with van der Waals surface area (Å²) in [5.41, 5.74) is 2.93. The summed E-state index contributed by atoms with van der Waals surface area (Å²) >= 11 is 0. The molecule has 0 bridgehead atoms. The van der Waals surface area contributed by atoms with Gasteiger partial charge in [0.15, 0.2) is 0 Å². The summed E-state index contributed by atoms with van der Waals surface area (Å²) in [6.45, 7) is 4.13. The monoisotopic (exact) mass is 394 g/mol. The first kappa shape index (κ1) is 21.0. The first-order valence-electron chi connectivity index (χ1n) is 10.1. The van der Waals surface area contributed by atoms with Gasteiger partial charge in [0.05, 0.1) is 13.1 Å². The number of para-hydroxylation sites is 1. The van der Waals surface area contributed by atoms with E-state index in [2.05, 4.69) is 15.1 Å². The molecule has 1 N–H and O–H groups in total. The highest BCUT2D eigenvalue weighted by atomic mass is 16.2. The van der Waals surface area contributed by atoms with Gasteiger partial charge in [-0.05, 0) is 31.1 Å². The SMILES string of the molecule is CN(C)C(=O)CN1CCCN(CC(=O)Nc2ccccc2-c2ccccc2)CC1. The predicted octanol–water partition coefficient (Wildman–Crippen LogP) is 2.39. The van der Waals surface area contributed by atoms with Crippen LogP contribution < -0.4 is 5.32 Å². The Morgan fingerprint density at radius 3 is 2.17 bits per heavy atom. The number of nitrogens with zero attached hydrogens (tertiary/aromatic N) is 3. The van der Waals surface area contributed by atoms with Gasteiger partial charge in [-0.3, -0.25) is 19.4 Å². The fraction of sp³-hybridized carbons (Fsp3) is 0.391. The Morgan fingerprint density at radius 1 is 0.862 bits per heavy atom. The highest BCUT2D eigenvalue weighted by Crippen LogP contribution is 2.27. The van der Waals surface area contributed by atoms with Crippen LogP contribution in [0, 0.1) is 0 Å². The lowest BCUT2D eigenvalue weighted by atomic mass is 10.0. The molecule has 0 radical (unpaired) electrons. The number of carbonyl (C=O) groups is 2. The van der Waals surface area contributed by atoms with Crippen LogP contribution in [0.1, 0.15) is 6.42 Å². The van der Waals surface area contributed by atoms with Gasteiger partial charge >= 0.3 is 0 Å². The molecule has 154 valence electrons. The molecule has 3 rings (SSSR count).